The van der Waals surface area contributed by atoms with E-state index in [0.717, 1.165) is 11.3 Å². The van der Waals surface area contributed by atoms with Crippen molar-refractivity contribution < 1.29 is 14.0 Å². The minimum atomic E-state index is -0.388. The second kappa shape index (κ2) is 9.38. The molecule has 0 saturated carbocycles. The quantitative estimate of drug-likeness (QED) is 0.635. The van der Waals surface area contributed by atoms with Crippen LogP contribution in [0.5, 0.6) is 0 Å². The Balaban J connectivity index is 1.54. The first-order chi connectivity index (χ1) is 15.1. The molecule has 3 aromatic rings. The Morgan fingerprint density at radius 3 is 2.71 bits per heavy atom. The molecular formula is C22H24FN5O2S. The summed E-state index contributed by atoms with van der Waals surface area (Å²) in [5, 5.41) is 9.26. The number of nitrogens with one attached hydrogen (secondary N) is 1. The third kappa shape index (κ3) is 4.66. The van der Waals surface area contributed by atoms with Gasteiger partial charge < -0.3 is 10.2 Å². The van der Waals surface area contributed by atoms with Gasteiger partial charge in [0.2, 0.25) is 11.7 Å². The molecule has 1 saturated heterocycles. The topological polar surface area (TPSA) is 80.1 Å². The summed E-state index contributed by atoms with van der Waals surface area (Å²) in [6.07, 6.45) is 2.13. The number of thiophene rings is 1. The lowest BCUT2D eigenvalue weighted by Gasteiger charge is -2.30. The Morgan fingerprint density at radius 2 is 2.03 bits per heavy atom. The molecule has 9 heteroatoms. The maximum Gasteiger partial charge on any atom is 0.293 e. The molecule has 4 rings (SSSR count). The molecule has 3 heterocycles. The third-order valence-electron chi connectivity index (χ3n) is 5.29. The van der Waals surface area contributed by atoms with Crippen molar-refractivity contribution in [3.8, 4) is 16.4 Å². The van der Waals surface area contributed by atoms with E-state index in [1.54, 1.807) is 17.0 Å². The van der Waals surface area contributed by atoms with Gasteiger partial charge in [0.15, 0.2) is 5.82 Å². The molecule has 1 fully saturated rings. The van der Waals surface area contributed by atoms with Gasteiger partial charge in [0.05, 0.1) is 10.6 Å². The van der Waals surface area contributed by atoms with Crippen LogP contribution in [0.4, 0.5) is 4.39 Å². The Labute approximate surface area is 183 Å². The van der Waals surface area contributed by atoms with Crippen LogP contribution in [0.3, 0.4) is 0 Å². The summed E-state index contributed by atoms with van der Waals surface area (Å²) in [5.74, 6) is -0.112. The molecule has 1 N–H and O–H groups in total. The van der Waals surface area contributed by atoms with E-state index in [-0.39, 0.29) is 29.4 Å². The van der Waals surface area contributed by atoms with Crippen molar-refractivity contribution in [3.05, 3.63) is 53.4 Å². The summed E-state index contributed by atoms with van der Waals surface area (Å²) in [5.41, 5.74) is 0.501. The zero-order valence-electron chi connectivity index (χ0n) is 17.3. The minimum absolute atomic E-state index is 0.0578. The number of carbonyl (C=O) groups excluding carboxylic acids is 2. The zero-order chi connectivity index (χ0) is 21.8. The van der Waals surface area contributed by atoms with Crippen LogP contribution in [0.25, 0.3) is 16.4 Å². The predicted molar refractivity (Wildman–Crippen MR) is 117 cm³/mol. The summed E-state index contributed by atoms with van der Waals surface area (Å²) in [7, 11) is 0. The maximum absolute atomic E-state index is 13.8. The summed E-state index contributed by atoms with van der Waals surface area (Å²) >= 11 is 1.47. The van der Waals surface area contributed by atoms with Gasteiger partial charge in [0.25, 0.3) is 5.91 Å². The smallest absolute Gasteiger partial charge is 0.293 e. The van der Waals surface area contributed by atoms with Gasteiger partial charge in [-0.1, -0.05) is 19.1 Å². The van der Waals surface area contributed by atoms with Crippen LogP contribution >= 0.6 is 11.3 Å². The molecule has 7 nitrogen and oxygen atoms in total. The van der Waals surface area contributed by atoms with Gasteiger partial charge in [0, 0.05) is 25.6 Å². The van der Waals surface area contributed by atoms with Gasteiger partial charge in [-0.25, -0.2) is 14.1 Å². The van der Waals surface area contributed by atoms with Crippen molar-refractivity contribution in [2.24, 2.45) is 5.92 Å². The summed E-state index contributed by atoms with van der Waals surface area (Å²) in [6, 6.07) is 9.82. The second-order valence-corrected chi connectivity index (χ2v) is 8.43. The fourth-order valence-corrected chi connectivity index (χ4v) is 4.33. The van der Waals surface area contributed by atoms with Crippen LogP contribution in [-0.4, -0.2) is 51.1 Å². The molecule has 0 unspecified atom stereocenters. The number of nitrogens with zero attached hydrogens (tertiary/aromatic N) is 4. The lowest BCUT2D eigenvalue weighted by molar-refractivity contribution is -0.126. The fraction of sp³-hybridized carbons (Fsp3) is 0.364. The molecule has 2 aromatic heterocycles. The number of aromatic nitrogens is 3. The molecule has 0 atom stereocenters. The molecule has 1 aromatic carbocycles. The van der Waals surface area contributed by atoms with Gasteiger partial charge in [-0.05, 0) is 48.9 Å². The largest absolute Gasteiger partial charge is 0.356 e. The molecule has 162 valence electrons. The highest BCUT2D eigenvalue weighted by atomic mass is 32.1. The average molecular weight is 442 g/mol. The number of rotatable bonds is 6. The Bertz CT molecular complexity index is 1060. The SMILES string of the molecule is CCCNC(=O)C1CCN(C(=O)c2nc(-c3cccs3)n(-c3cccc(F)c3)n2)CC1. The van der Waals surface area contributed by atoms with E-state index in [1.807, 2.05) is 24.4 Å². The van der Waals surface area contributed by atoms with Crippen LogP contribution in [0.2, 0.25) is 0 Å². The molecule has 31 heavy (non-hydrogen) atoms. The molecule has 0 spiro atoms. The highest BCUT2D eigenvalue weighted by Crippen LogP contribution is 2.27. The predicted octanol–water partition coefficient (Wildman–Crippen LogP) is 3.51. The summed E-state index contributed by atoms with van der Waals surface area (Å²) < 4.78 is 15.3. The van der Waals surface area contributed by atoms with E-state index >= 15 is 0 Å². The summed E-state index contributed by atoms with van der Waals surface area (Å²) in [6.45, 7) is 3.64. The Hall–Kier alpha value is -3.07. The van der Waals surface area contributed by atoms with E-state index < -0.39 is 0 Å². The number of carbonyl (C=O) groups is 2. The zero-order valence-corrected chi connectivity index (χ0v) is 18.1. The molecular weight excluding hydrogens is 417 g/mol. The lowest BCUT2D eigenvalue weighted by atomic mass is 9.96. The van der Waals surface area contributed by atoms with Crippen LogP contribution < -0.4 is 5.32 Å². The molecule has 0 radical (unpaired) electrons. The second-order valence-electron chi connectivity index (χ2n) is 7.49. The molecule has 2 amide bonds. The first-order valence-corrected chi connectivity index (χ1v) is 11.3. The molecule has 0 bridgehead atoms. The number of hydrogen-bond donors (Lipinski definition) is 1. The number of piperidine rings is 1. The number of halogens is 1. The Morgan fingerprint density at radius 1 is 1.23 bits per heavy atom. The van der Waals surface area contributed by atoms with E-state index in [0.29, 0.717) is 44.0 Å². The fourth-order valence-electron chi connectivity index (χ4n) is 3.63. The summed E-state index contributed by atoms with van der Waals surface area (Å²) in [4.78, 5) is 32.3. The van der Waals surface area contributed by atoms with Gasteiger partial charge >= 0.3 is 0 Å². The standard InChI is InChI=1S/C22H24FN5O2S/c1-2-10-24-21(29)15-8-11-27(12-9-15)22(30)19-25-20(18-7-4-13-31-18)28(26-19)17-6-3-5-16(23)14-17/h3-7,13-15H,2,8-12H2,1H3,(H,24,29). The van der Waals surface area contributed by atoms with E-state index in [9.17, 15) is 14.0 Å². The van der Waals surface area contributed by atoms with Gasteiger partial charge in [0.1, 0.15) is 5.82 Å². The lowest BCUT2D eigenvalue weighted by Crippen LogP contribution is -2.43. The Kier molecular flexibility index (Phi) is 6.41. The van der Waals surface area contributed by atoms with Crippen LogP contribution in [0, 0.1) is 11.7 Å². The van der Waals surface area contributed by atoms with E-state index in [2.05, 4.69) is 15.4 Å². The first kappa shape index (κ1) is 21.2. The van der Waals surface area contributed by atoms with Gasteiger partial charge in [-0.3, -0.25) is 9.59 Å². The third-order valence-corrected chi connectivity index (χ3v) is 6.16. The van der Waals surface area contributed by atoms with Crippen LogP contribution in [-0.2, 0) is 4.79 Å². The van der Waals surface area contributed by atoms with Gasteiger partial charge in [-0.15, -0.1) is 16.4 Å². The van der Waals surface area contributed by atoms with Crippen molar-refractivity contribution in [2.45, 2.75) is 26.2 Å². The highest BCUT2D eigenvalue weighted by Gasteiger charge is 2.30. The molecule has 1 aliphatic heterocycles. The number of benzene rings is 1. The van der Waals surface area contributed by atoms with E-state index in [4.69, 9.17) is 0 Å². The molecule has 1 aliphatic rings. The average Bonchev–Trinajstić information content (AvgIpc) is 3.47. The van der Waals surface area contributed by atoms with Crippen molar-refractivity contribution in [3.63, 3.8) is 0 Å². The van der Waals surface area contributed by atoms with Crippen molar-refractivity contribution in [1.29, 1.82) is 0 Å². The van der Waals surface area contributed by atoms with Crippen LogP contribution in [0.15, 0.2) is 41.8 Å². The highest BCUT2D eigenvalue weighted by molar-refractivity contribution is 7.13. The monoisotopic (exact) mass is 441 g/mol. The maximum atomic E-state index is 13.8. The van der Waals surface area contributed by atoms with Crippen molar-refractivity contribution in [1.82, 2.24) is 25.0 Å². The van der Waals surface area contributed by atoms with Crippen molar-refractivity contribution >= 4 is 23.2 Å². The number of hydrogen-bond acceptors (Lipinski definition) is 5. The van der Waals surface area contributed by atoms with Crippen molar-refractivity contribution in [2.75, 3.05) is 19.6 Å². The first-order valence-electron chi connectivity index (χ1n) is 10.4. The number of likely N-dealkylation sites (tertiary alicyclic amines) is 1. The number of amides is 2. The normalized spacial score (nSPS) is 14.6. The minimum Gasteiger partial charge on any atom is -0.356 e. The molecule has 0 aliphatic carbocycles. The van der Waals surface area contributed by atoms with Gasteiger partial charge in [-0.2, -0.15) is 0 Å². The van der Waals surface area contributed by atoms with E-state index in [1.165, 1.54) is 28.2 Å². The van der Waals surface area contributed by atoms with Crippen LogP contribution in [0.1, 0.15) is 36.8 Å².